The van der Waals surface area contributed by atoms with Crippen molar-refractivity contribution in [2.75, 3.05) is 19.6 Å². The Balaban J connectivity index is 2.37. The third kappa shape index (κ3) is 6.42. The van der Waals surface area contributed by atoms with Crippen LogP contribution < -0.4 is 5.32 Å². The average molecular weight is 283 g/mol. The van der Waals surface area contributed by atoms with Gasteiger partial charge in [-0.25, -0.2) is 0 Å². The highest BCUT2D eigenvalue weighted by molar-refractivity contribution is 6.30. The molecular weight excluding hydrogens is 256 g/mol. The van der Waals surface area contributed by atoms with Gasteiger partial charge in [-0.15, -0.1) is 0 Å². The molecular formula is C16H27ClN2. The third-order valence-corrected chi connectivity index (χ3v) is 3.70. The van der Waals surface area contributed by atoms with Gasteiger partial charge in [0.25, 0.3) is 0 Å². The van der Waals surface area contributed by atoms with Crippen molar-refractivity contribution in [3.8, 4) is 0 Å². The van der Waals surface area contributed by atoms with Gasteiger partial charge in [-0.2, -0.15) is 0 Å². The quantitative estimate of drug-likeness (QED) is 0.784. The van der Waals surface area contributed by atoms with Crippen LogP contribution in [0.3, 0.4) is 0 Å². The van der Waals surface area contributed by atoms with Gasteiger partial charge in [-0.05, 0) is 51.1 Å². The first-order valence-corrected chi connectivity index (χ1v) is 7.65. The first-order chi connectivity index (χ1) is 9.05. The summed E-state index contributed by atoms with van der Waals surface area (Å²) in [4.78, 5) is 2.45. The van der Waals surface area contributed by atoms with Crippen molar-refractivity contribution in [1.29, 1.82) is 0 Å². The SMILES string of the molecule is CCN(CC)CC(C)NC(C)Cc1ccc(Cl)cc1. The molecule has 2 unspecified atom stereocenters. The largest absolute Gasteiger partial charge is 0.310 e. The van der Waals surface area contributed by atoms with Crippen LogP contribution in [0.15, 0.2) is 24.3 Å². The number of hydrogen-bond acceptors (Lipinski definition) is 2. The summed E-state index contributed by atoms with van der Waals surface area (Å²) in [6.07, 6.45) is 1.04. The van der Waals surface area contributed by atoms with Crippen molar-refractivity contribution in [1.82, 2.24) is 10.2 Å². The van der Waals surface area contributed by atoms with Gasteiger partial charge in [0.05, 0.1) is 0 Å². The van der Waals surface area contributed by atoms with Crippen molar-refractivity contribution >= 4 is 11.6 Å². The fourth-order valence-corrected chi connectivity index (χ4v) is 2.57. The molecule has 0 heterocycles. The molecule has 1 N–H and O–H groups in total. The van der Waals surface area contributed by atoms with Gasteiger partial charge >= 0.3 is 0 Å². The highest BCUT2D eigenvalue weighted by atomic mass is 35.5. The van der Waals surface area contributed by atoms with Crippen LogP contribution in [0.25, 0.3) is 0 Å². The second-order valence-electron chi connectivity index (χ2n) is 5.29. The molecule has 0 aliphatic carbocycles. The summed E-state index contributed by atoms with van der Waals surface area (Å²) in [5.41, 5.74) is 1.33. The lowest BCUT2D eigenvalue weighted by Crippen LogP contribution is -2.43. The summed E-state index contributed by atoms with van der Waals surface area (Å²) in [5, 5.41) is 4.47. The molecule has 0 saturated carbocycles. The van der Waals surface area contributed by atoms with Crippen molar-refractivity contribution < 1.29 is 0 Å². The fraction of sp³-hybridized carbons (Fsp3) is 0.625. The van der Waals surface area contributed by atoms with E-state index in [2.05, 4.69) is 50.0 Å². The minimum absolute atomic E-state index is 0.478. The van der Waals surface area contributed by atoms with Crippen LogP contribution in [0, 0.1) is 0 Å². The number of rotatable bonds is 8. The molecule has 0 saturated heterocycles. The minimum Gasteiger partial charge on any atom is -0.310 e. The molecule has 1 aromatic rings. The number of hydrogen-bond donors (Lipinski definition) is 1. The summed E-state index contributed by atoms with van der Waals surface area (Å²) in [6.45, 7) is 12.3. The molecule has 19 heavy (non-hydrogen) atoms. The van der Waals surface area contributed by atoms with E-state index in [0.717, 1.165) is 31.1 Å². The molecule has 0 bridgehead atoms. The summed E-state index contributed by atoms with van der Waals surface area (Å²) in [6, 6.07) is 9.13. The van der Waals surface area contributed by atoms with Crippen LogP contribution in [-0.4, -0.2) is 36.6 Å². The van der Waals surface area contributed by atoms with E-state index in [1.54, 1.807) is 0 Å². The lowest BCUT2D eigenvalue weighted by molar-refractivity contribution is 0.263. The molecule has 0 amide bonds. The summed E-state index contributed by atoms with van der Waals surface area (Å²) in [7, 11) is 0. The topological polar surface area (TPSA) is 15.3 Å². The normalized spacial score (nSPS) is 14.6. The molecule has 0 aliphatic rings. The molecule has 0 fully saturated rings. The van der Waals surface area contributed by atoms with E-state index in [-0.39, 0.29) is 0 Å². The maximum absolute atomic E-state index is 5.90. The molecule has 1 aromatic carbocycles. The molecule has 108 valence electrons. The van der Waals surface area contributed by atoms with Gasteiger partial charge in [0, 0.05) is 23.7 Å². The van der Waals surface area contributed by atoms with E-state index in [0.29, 0.717) is 12.1 Å². The van der Waals surface area contributed by atoms with Crippen LogP contribution in [0.2, 0.25) is 5.02 Å². The van der Waals surface area contributed by atoms with Crippen molar-refractivity contribution in [2.24, 2.45) is 0 Å². The van der Waals surface area contributed by atoms with Gasteiger partial charge in [0.1, 0.15) is 0 Å². The standard InChI is InChI=1S/C16H27ClN2/c1-5-19(6-2)12-14(4)18-13(3)11-15-7-9-16(17)10-8-15/h7-10,13-14,18H,5-6,11-12H2,1-4H3. The lowest BCUT2D eigenvalue weighted by atomic mass is 10.1. The maximum atomic E-state index is 5.90. The van der Waals surface area contributed by atoms with E-state index in [1.807, 2.05) is 12.1 Å². The van der Waals surface area contributed by atoms with E-state index in [9.17, 15) is 0 Å². The van der Waals surface area contributed by atoms with E-state index in [1.165, 1.54) is 5.56 Å². The van der Waals surface area contributed by atoms with Crippen LogP contribution in [-0.2, 0) is 6.42 Å². The van der Waals surface area contributed by atoms with Crippen LogP contribution in [0.1, 0.15) is 33.3 Å². The number of nitrogens with zero attached hydrogens (tertiary/aromatic N) is 1. The molecule has 2 atom stereocenters. The number of benzene rings is 1. The molecule has 0 aromatic heterocycles. The zero-order valence-electron chi connectivity index (χ0n) is 12.6. The van der Waals surface area contributed by atoms with E-state index >= 15 is 0 Å². The minimum atomic E-state index is 0.478. The zero-order valence-corrected chi connectivity index (χ0v) is 13.4. The monoisotopic (exact) mass is 282 g/mol. The van der Waals surface area contributed by atoms with Crippen molar-refractivity contribution in [2.45, 2.75) is 46.2 Å². The number of likely N-dealkylation sites (N-methyl/N-ethyl adjacent to an activating group) is 1. The Hall–Kier alpha value is -0.570. The van der Waals surface area contributed by atoms with Crippen LogP contribution in [0.5, 0.6) is 0 Å². The van der Waals surface area contributed by atoms with Gasteiger partial charge < -0.3 is 10.2 Å². The Morgan fingerprint density at radius 2 is 1.63 bits per heavy atom. The first kappa shape index (κ1) is 16.5. The second-order valence-corrected chi connectivity index (χ2v) is 5.72. The highest BCUT2D eigenvalue weighted by Crippen LogP contribution is 2.11. The van der Waals surface area contributed by atoms with E-state index in [4.69, 9.17) is 11.6 Å². The Kier molecular flexibility index (Phi) is 7.44. The van der Waals surface area contributed by atoms with Crippen LogP contribution in [0.4, 0.5) is 0 Å². The lowest BCUT2D eigenvalue weighted by Gasteiger charge is -2.26. The smallest absolute Gasteiger partial charge is 0.0406 e. The molecule has 2 nitrogen and oxygen atoms in total. The Morgan fingerprint density at radius 1 is 1.05 bits per heavy atom. The highest BCUT2D eigenvalue weighted by Gasteiger charge is 2.10. The summed E-state index contributed by atoms with van der Waals surface area (Å²) in [5.74, 6) is 0. The van der Waals surface area contributed by atoms with Gasteiger partial charge in [-0.1, -0.05) is 37.6 Å². The fourth-order valence-electron chi connectivity index (χ4n) is 2.44. The molecule has 0 aliphatic heterocycles. The molecule has 3 heteroatoms. The predicted octanol–water partition coefficient (Wildman–Crippen LogP) is 3.59. The molecule has 0 spiro atoms. The van der Waals surface area contributed by atoms with Gasteiger partial charge in [0.2, 0.25) is 0 Å². The Bertz CT molecular complexity index is 346. The average Bonchev–Trinajstić information content (AvgIpc) is 2.38. The Labute approximate surface area is 123 Å². The molecule has 0 radical (unpaired) electrons. The van der Waals surface area contributed by atoms with Crippen molar-refractivity contribution in [3.05, 3.63) is 34.9 Å². The number of nitrogens with one attached hydrogen (secondary N) is 1. The number of halogens is 1. The summed E-state index contributed by atoms with van der Waals surface area (Å²) < 4.78 is 0. The van der Waals surface area contributed by atoms with Crippen molar-refractivity contribution in [3.63, 3.8) is 0 Å². The predicted molar refractivity (Wildman–Crippen MR) is 85.0 cm³/mol. The van der Waals surface area contributed by atoms with Gasteiger partial charge in [-0.3, -0.25) is 0 Å². The zero-order chi connectivity index (χ0) is 14.3. The molecule has 1 rings (SSSR count). The Morgan fingerprint density at radius 3 is 2.16 bits per heavy atom. The second kappa shape index (κ2) is 8.57. The maximum Gasteiger partial charge on any atom is 0.0406 e. The van der Waals surface area contributed by atoms with Crippen LogP contribution >= 0.6 is 11.6 Å². The third-order valence-electron chi connectivity index (χ3n) is 3.45. The van der Waals surface area contributed by atoms with Gasteiger partial charge in [0.15, 0.2) is 0 Å². The van der Waals surface area contributed by atoms with E-state index < -0.39 is 0 Å². The first-order valence-electron chi connectivity index (χ1n) is 7.28. The summed E-state index contributed by atoms with van der Waals surface area (Å²) >= 11 is 5.90.